The van der Waals surface area contributed by atoms with E-state index in [2.05, 4.69) is 10.3 Å². The molecular weight excluding hydrogens is 441 g/mol. The molecule has 0 aliphatic rings. The van der Waals surface area contributed by atoms with E-state index in [0.29, 0.717) is 41.7 Å². The third-order valence-corrected chi connectivity index (χ3v) is 4.31. The second kappa shape index (κ2) is 12.6. The molecule has 0 bridgehead atoms. The molecule has 1 amide bonds. The third-order valence-electron chi connectivity index (χ3n) is 4.31. The summed E-state index contributed by atoms with van der Waals surface area (Å²) in [4.78, 5) is 16.6. The summed E-state index contributed by atoms with van der Waals surface area (Å²) in [6.07, 6.45) is 3.40. The highest BCUT2D eigenvalue weighted by Crippen LogP contribution is 2.34. The summed E-state index contributed by atoms with van der Waals surface area (Å²) < 4.78 is 16.7. The van der Waals surface area contributed by atoms with Gasteiger partial charge >= 0.3 is 0 Å². The van der Waals surface area contributed by atoms with E-state index in [1.807, 2.05) is 18.2 Å². The highest BCUT2D eigenvalue weighted by atomic mass is 35.5. The maximum Gasteiger partial charge on any atom is 0.251 e. The molecule has 0 spiro atoms. The van der Waals surface area contributed by atoms with Gasteiger partial charge in [-0.25, -0.2) is 0 Å². The van der Waals surface area contributed by atoms with E-state index >= 15 is 0 Å². The Labute approximate surface area is 193 Å². The van der Waals surface area contributed by atoms with Crippen molar-refractivity contribution in [3.63, 3.8) is 0 Å². The molecular formula is C22H25Cl2N3O4. The molecule has 0 fully saturated rings. The lowest BCUT2D eigenvalue weighted by atomic mass is 10.1. The topological polar surface area (TPSA) is 95.7 Å². The molecule has 7 nitrogen and oxygen atoms in total. The van der Waals surface area contributed by atoms with Gasteiger partial charge in [-0.1, -0.05) is 12.1 Å². The number of carbonyl (C=O) groups excluding carboxylic acids is 1. The number of amides is 1. The van der Waals surface area contributed by atoms with Crippen molar-refractivity contribution in [2.75, 3.05) is 14.2 Å². The average Bonchev–Trinajstić information content (AvgIpc) is 2.78. The van der Waals surface area contributed by atoms with Gasteiger partial charge in [0.1, 0.15) is 11.5 Å². The minimum absolute atomic E-state index is 0. The Hall–Kier alpha value is -3.00. The van der Waals surface area contributed by atoms with E-state index in [1.165, 1.54) is 0 Å². The van der Waals surface area contributed by atoms with Crippen LogP contribution in [0.3, 0.4) is 0 Å². The molecule has 166 valence electrons. The molecule has 31 heavy (non-hydrogen) atoms. The maximum absolute atomic E-state index is 12.5. The number of nitrogens with zero attached hydrogens (tertiary/aromatic N) is 1. The van der Waals surface area contributed by atoms with Gasteiger partial charge in [-0.05, 0) is 35.9 Å². The molecule has 3 rings (SSSR count). The van der Waals surface area contributed by atoms with Gasteiger partial charge in [-0.15, -0.1) is 24.8 Å². The molecule has 0 unspecified atom stereocenters. The highest BCUT2D eigenvalue weighted by molar-refractivity contribution is 5.94. The summed E-state index contributed by atoms with van der Waals surface area (Å²) in [5, 5.41) is 2.87. The predicted molar refractivity (Wildman–Crippen MR) is 124 cm³/mol. The Morgan fingerprint density at radius 1 is 1.00 bits per heavy atom. The number of halogens is 2. The Kier molecular flexibility index (Phi) is 10.6. The summed E-state index contributed by atoms with van der Waals surface area (Å²) in [7, 11) is 3.12. The minimum atomic E-state index is -0.225. The van der Waals surface area contributed by atoms with Crippen LogP contribution in [0.15, 0.2) is 60.9 Å². The lowest BCUT2D eigenvalue weighted by Crippen LogP contribution is -2.22. The van der Waals surface area contributed by atoms with Crippen LogP contribution in [0.2, 0.25) is 0 Å². The van der Waals surface area contributed by atoms with Crippen LogP contribution in [0.4, 0.5) is 0 Å². The van der Waals surface area contributed by atoms with Gasteiger partial charge < -0.3 is 25.3 Å². The molecule has 2 aromatic carbocycles. The van der Waals surface area contributed by atoms with Gasteiger partial charge in [-0.3, -0.25) is 9.78 Å². The summed E-state index contributed by atoms with van der Waals surface area (Å²) in [5.41, 5.74) is 7.95. The van der Waals surface area contributed by atoms with Crippen molar-refractivity contribution in [1.82, 2.24) is 10.3 Å². The molecule has 0 radical (unpaired) electrons. The van der Waals surface area contributed by atoms with Crippen LogP contribution < -0.4 is 25.3 Å². The zero-order valence-electron chi connectivity index (χ0n) is 17.2. The zero-order valence-corrected chi connectivity index (χ0v) is 18.8. The van der Waals surface area contributed by atoms with Crippen molar-refractivity contribution in [3.05, 3.63) is 77.6 Å². The van der Waals surface area contributed by atoms with Crippen molar-refractivity contribution in [2.45, 2.75) is 13.1 Å². The first kappa shape index (κ1) is 26.0. The molecule has 0 aliphatic carbocycles. The lowest BCUT2D eigenvalue weighted by molar-refractivity contribution is 0.0950. The van der Waals surface area contributed by atoms with Gasteiger partial charge in [0.2, 0.25) is 0 Å². The van der Waals surface area contributed by atoms with Crippen molar-refractivity contribution in [3.8, 4) is 23.0 Å². The summed E-state index contributed by atoms with van der Waals surface area (Å²) in [6, 6.07) is 14.1. The Balaban J connectivity index is 0.00000240. The van der Waals surface area contributed by atoms with E-state index in [1.54, 1.807) is 56.9 Å². The average molecular weight is 466 g/mol. The van der Waals surface area contributed by atoms with Crippen molar-refractivity contribution in [1.29, 1.82) is 0 Å². The number of hydrogen-bond acceptors (Lipinski definition) is 6. The number of methoxy groups -OCH3 is 2. The summed E-state index contributed by atoms with van der Waals surface area (Å²) >= 11 is 0. The number of ether oxygens (including phenoxy) is 3. The third kappa shape index (κ3) is 6.75. The highest BCUT2D eigenvalue weighted by Gasteiger charge is 2.13. The molecule has 0 saturated carbocycles. The van der Waals surface area contributed by atoms with Crippen molar-refractivity contribution >= 4 is 30.7 Å². The fraction of sp³-hybridized carbons (Fsp3) is 0.182. The summed E-state index contributed by atoms with van der Waals surface area (Å²) in [6.45, 7) is 0.742. The van der Waals surface area contributed by atoms with Gasteiger partial charge in [0.15, 0.2) is 11.5 Å². The quantitative estimate of drug-likeness (QED) is 0.519. The van der Waals surface area contributed by atoms with Crippen LogP contribution in [0.1, 0.15) is 21.5 Å². The maximum atomic E-state index is 12.5. The molecule has 0 atom stereocenters. The Morgan fingerprint density at radius 3 is 2.42 bits per heavy atom. The molecule has 1 aromatic heterocycles. The van der Waals surface area contributed by atoms with E-state index in [0.717, 1.165) is 11.1 Å². The molecule has 0 aliphatic heterocycles. The van der Waals surface area contributed by atoms with Gasteiger partial charge in [0.25, 0.3) is 5.91 Å². The normalized spacial score (nSPS) is 9.65. The first-order valence-electron chi connectivity index (χ1n) is 9.04. The monoisotopic (exact) mass is 465 g/mol. The Bertz CT molecular complexity index is 988. The van der Waals surface area contributed by atoms with Crippen LogP contribution in [0.25, 0.3) is 0 Å². The van der Waals surface area contributed by atoms with Gasteiger partial charge in [0.05, 0.1) is 14.2 Å². The minimum Gasteiger partial charge on any atom is -0.496 e. The second-order valence-electron chi connectivity index (χ2n) is 6.19. The number of rotatable bonds is 8. The molecule has 3 N–H and O–H groups in total. The first-order valence-corrected chi connectivity index (χ1v) is 9.04. The number of aromatic nitrogens is 1. The van der Waals surface area contributed by atoms with E-state index in [-0.39, 0.29) is 30.7 Å². The van der Waals surface area contributed by atoms with Crippen molar-refractivity contribution < 1.29 is 19.0 Å². The fourth-order valence-electron chi connectivity index (χ4n) is 2.77. The number of carbonyl (C=O) groups is 1. The zero-order chi connectivity index (χ0) is 20.6. The molecule has 0 saturated heterocycles. The van der Waals surface area contributed by atoms with Crippen LogP contribution in [0, 0.1) is 0 Å². The molecule has 9 heteroatoms. The van der Waals surface area contributed by atoms with Crippen molar-refractivity contribution in [2.24, 2.45) is 5.73 Å². The van der Waals surface area contributed by atoms with Crippen LogP contribution >= 0.6 is 24.8 Å². The number of hydrogen-bond donors (Lipinski definition) is 2. The largest absolute Gasteiger partial charge is 0.496 e. The van der Waals surface area contributed by atoms with E-state index in [9.17, 15) is 4.79 Å². The molecule has 1 heterocycles. The lowest BCUT2D eigenvalue weighted by Gasteiger charge is -2.14. The van der Waals surface area contributed by atoms with E-state index < -0.39 is 0 Å². The van der Waals surface area contributed by atoms with Gasteiger partial charge in [0, 0.05) is 42.7 Å². The first-order chi connectivity index (χ1) is 14.1. The number of pyridine rings is 1. The smallest absolute Gasteiger partial charge is 0.251 e. The standard InChI is InChI=1S/C22H23N3O4.2ClH/c1-27-19-8-6-16(22(26)25-14-15-4-3-9-24-13-15)10-21(19)29-18-7-5-17(12-23)20(11-18)28-2;;/h3-11,13H,12,14,23H2,1-2H3,(H,25,26);2*1H. The van der Waals surface area contributed by atoms with Crippen LogP contribution in [-0.4, -0.2) is 25.1 Å². The SMILES string of the molecule is COc1cc(Oc2cc(C(=O)NCc3cccnc3)ccc2OC)ccc1CN.Cl.Cl. The Morgan fingerprint density at radius 2 is 1.77 bits per heavy atom. The van der Waals surface area contributed by atoms with E-state index in [4.69, 9.17) is 19.9 Å². The molecule has 3 aromatic rings. The number of nitrogens with two attached hydrogens (primary N) is 1. The van der Waals surface area contributed by atoms with Crippen LogP contribution in [0.5, 0.6) is 23.0 Å². The van der Waals surface area contributed by atoms with Crippen LogP contribution in [-0.2, 0) is 13.1 Å². The number of benzene rings is 2. The number of nitrogens with one attached hydrogen (secondary N) is 1. The summed E-state index contributed by atoms with van der Waals surface area (Å²) in [5.74, 6) is 1.89. The second-order valence-corrected chi connectivity index (χ2v) is 6.19. The fourth-order valence-corrected chi connectivity index (χ4v) is 2.77. The van der Waals surface area contributed by atoms with Gasteiger partial charge in [-0.2, -0.15) is 0 Å². The predicted octanol–water partition coefficient (Wildman–Crippen LogP) is 4.12.